The molecule has 3 aromatic heterocycles. The summed E-state index contributed by atoms with van der Waals surface area (Å²) in [7, 11) is 0. The summed E-state index contributed by atoms with van der Waals surface area (Å²) in [6, 6.07) is 67.6. The van der Waals surface area contributed by atoms with Gasteiger partial charge in [-0.2, -0.15) is 15.0 Å². The summed E-state index contributed by atoms with van der Waals surface area (Å²) >= 11 is 0. The maximum atomic E-state index is 5.42. The lowest BCUT2D eigenvalue weighted by Gasteiger charge is -2.30. The maximum Gasteiger partial charge on any atom is 0.240 e. The Morgan fingerprint density at radius 2 is 0.789 bits per heavy atom. The van der Waals surface area contributed by atoms with Gasteiger partial charge in [-0.25, -0.2) is 0 Å². The van der Waals surface area contributed by atoms with E-state index in [0.29, 0.717) is 17.7 Å². The van der Waals surface area contributed by atoms with Crippen LogP contribution in [0.3, 0.4) is 0 Å². The molecule has 0 N–H and O–H groups in total. The molecule has 0 aliphatic heterocycles. The van der Waals surface area contributed by atoms with E-state index in [2.05, 4.69) is 179 Å². The van der Waals surface area contributed by atoms with Crippen LogP contribution in [0.15, 0.2) is 188 Å². The van der Waals surface area contributed by atoms with Crippen LogP contribution in [0.1, 0.15) is 22.3 Å². The van der Waals surface area contributed by atoms with Crippen molar-refractivity contribution < 1.29 is 0 Å². The zero-order valence-electron chi connectivity index (χ0n) is 30.6. The topological polar surface area (TPSA) is 48.5 Å². The number of para-hydroxylation sites is 3. The van der Waals surface area contributed by atoms with Gasteiger partial charge >= 0.3 is 0 Å². The van der Waals surface area contributed by atoms with Crippen molar-refractivity contribution in [2.75, 3.05) is 0 Å². The van der Waals surface area contributed by atoms with Crippen molar-refractivity contribution >= 4 is 43.6 Å². The molecule has 0 bridgehead atoms. The normalized spacial score (nSPS) is 13.4. The lowest BCUT2D eigenvalue weighted by Crippen LogP contribution is -2.25. The van der Waals surface area contributed by atoms with E-state index in [4.69, 9.17) is 15.0 Å². The van der Waals surface area contributed by atoms with Gasteiger partial charge < -0.3 is 0 Å². The Labute approximate surface area is 327 Å². The molecular formula is C52H31N5. The van der Waals surface area contributed by atoms with Gasteiger partial charge in [-0.1, -0.05) is 164 Å². The Hall–Kier alpha value is -7.63. The predicted molar refractivity (Wildman–Crippen MR) is 230 cm³/mol. The minimum atomic E-state index is -0.437. The van der Waals surface area contributed by atoms with Crippen molar-refractivity contribution in [3.8, 4) is 45.5 Å². The van der Waals surface area contributed by atoms with Crippen molar-refractivity contribution in [1.82, 2.24) is 24.1 Å². The molecule has 2 aliphatic rings. The fourth-order valence-electron chi connectivity index (χ4n) is 10.3. The van der Waals surface area contributed by atoms with Crippen LogP contribution < -0.4 is 0 Å². The predicted octanol–water partition coefficient (Wildman–Crippen LogP) is 12.1. The van der Waals surface area contributed by atoms with Crippen molar-refractivity contribution in [3.63, 3.8) is 0 Å². The van der Waals surface area contributed by atoms with Crippen molar-refractivity contribution in [2.45, 2.75) is 5.41 Å². The first-order valence-electron chi connectivity index (χ1n) is 19.5. The van der Waals surface area contributed by atoms with Crippen LogP contribution in [-0.4, -0.2) is 24.1 Å². The molecule has 57 heavy (non-hydrogen) atoms. The highest BCUT2D eigenvalue weighted by molar-refractivity contribution is 6.19. The smallest absolute Gasteiger partial charge is 0.240 e. The average molecular weight is 726 g/mol. The second kappa shape index (κ2) is 11.2. The minimum Gasteiger partial charge on any atom is -0.278 e. The summed E-state index contributed by atoms with van der Waals surface area (Å²) < 4.78 is 4.43. The van der Waals surface area contributed by atoms with Crippen LogP contribution in [-0.2, 0) is 5.41 Å². The third kappa shape index (κ3) is 3.90. The lowest BCUT2D eigenvalue weighted by molar-refractivity contribution is 0.794. The number of aromatic nitrogens is 5. The molecule has 2 aliphatic carbocycles. The highest BCUT2D eigenvalue weighted by Crippen LogP contribution is 2.64. The lowest BCUT2D eigenvalue weighted by atomic mass is 9.70. The van der Waals surface area contributed by atoms with E-state index in [1.807, 2.05) is 18.2 Å². The molecule has 0 fully saturated rings. The van der Waals surface area contributed by atoms with E-state index in [1.54, 1.807) is 0 Å². The summed E-state index contributed by atoms with van der Waals surface area (Å²) in [5, 5.41) is 4.68. The highest BCUT2D eigenvalue weighted by atomic mass is 15.3. The van der Waals surface area contributed by atoms with E-state index >= 15 is 0 Å². The van der Waals surface area contributed by atoms with Gasteiger partial charge in [0.15, 0.2) is 5.82 Å². The third-order valence-electron chi connectivity index (χ3n) is 12.4. The number of benzene rings is 8. The van der Waals surface area contributed by atoms with Crippen molar-refractivity contribution in [2.24, 2.45) is 0 Å². The van der Waals surface area contributed by atoms with Gasteiger partial charge in [0.1, 0.15) is 0 Å². The summed E-state index contributed by atoms with van der Waals surface area (Å²) in [6.45, 7) is 0. The summed E-state index contributed by atoms with van der Waals surface area (Å²) in [5.74, 6) is 1.77. The zero-order valence-corrected chi connectivity index (χ0v) is 30.6. The molecule has 3 heterocycles. The summed E-state index contributed by atoms with van der Waals surface area (Å²) in [6.07, 6.45) is 0. The van der Waals surface area contributed by atoms with Gasteiger partial charge in [0.2, 0.25) is 11.9 Å². The average Bonchev–Trinajstić information content (AvgIpc) is 3.99. The fourth-order valence-corrected chi connectivity index (χ4v) is 10.3. The molecule has 0 atom stereocenters. The molecule has 5 nitrogen and oxygen atoms in total. The first-order valence-corrected chi connectivity index (χ1v) is 19.5. The third-order valence-corrected chi connectivity index (χ3v) is 12.4. The first kappa shape index (κ1) is 30.7. The van der Waals surface area contributed by atoms with Crippen LogP contribution >= 0.6 is 0 Å². The Bertz CT molecular complexity index is 3380. The second-order valence-electron chi connectivity index (χ2n) is 15.1. The largest absolute Gasteiger partial charge is 0.278 e. The van der Waals surface area contributed by atoms with Crippen molar-refractivity contribution in [3.05, 3.63) is 210 Å². The van der Waals surface area contributed by atoms with E-state index < -0.39 is 5.41 Å². The van der Waals surface area contributed by atoms with Gasteiger partial charge in [-0.05, 0) is 68.8 Å². The molecular weight excluding hydrogens is 695 g/mol. The van der Waals surface area contributed by atoms with E-state index in [1.165, 1.54) is 49.9 Å². The Morgan fingerprint density at radius 3 is 1.40 bits per heavy atom. The van der Waals surface area contributed by atoms with Crippen LogP contribution in [0.25, 0.3) is 89.2 Å². The van der Waals surface area contributed by atoms with Crippen LogP contribution in [0.5, 0.6) is 0 Å². The summed E-state index contributed by atoms with van der Waals surface area (Å²) in [5.41, 5.74) is 15.1. The molecule has 13 rings (SSSR count). The van der Waals surface area contributed by atoms with Gasteiger partial charge in [0, 0.05) is 27.1 Å². The highest BCUT2D eigenvalue weighted by Gasteiger charge is 2.52. The zero-order chi connectivity index (χ0) is 37.2. The molecule has 0 radical (unpaired) electrons. The number of rotatable bonds is 3. The first-order chi connectivity index (χ1) is 28.3. The molecule has 0 saturated heterocycles. The van der Waals surface area contributed by atoms with E-state index in [0.717, 1.165) is 43.8 Å². The molecule has 1 spiro atoms. The Balaban J connectivity index is 1.15. The van der Waals surface area contributed by atoms with Crippen molar-refractivity contribution in [1.29, 1.82) is 0 Å². The van der Waals surface area contributed by atoms with Crippen LogP contribution in [0.2, 0.25) is 0 Å². The van der Waals surface area contributed by atoms with Gasteiger partial charge in [-0.3, -0.25) is 9.13 Å². The quantitative estimate of drug-likeness (QED) is 0.182. The molecule has 8 aromatic carbocycles. The van der Waals surface area contributed by atoms with Gasteiger partial charge in [-0.15, -0.1) is 0 Å². The monoisotopic (exact) mass is 725 g/mol. The van der Waals surface area contributed by atoms with Crippen LogP contribution in [0, 0.1) is 0 Å². The molecule has 0 amide bonds. The molecule has 0 saturated carbocycles. The molecule has 11 aromatic rings. The van der Waals surface area contributed by atoms with Crippen LogP contribution in [0.4, 0.5) is 0 Å². The fraction of sp³-hybridized carbons (Fsp3) is 0.0192. The summed E-state index contributed by atoms with van der Waals surface area (Å²) in [4.78, 5) is 16.0. The van der Waals surface area contributed by atoms with Gasteiger partial charge in [0.25, 0.3) is 0 Å². The Morgan fingerprint density at radius 1 is 0.333 bits per heavy atom. The molecule has 5 heteroatoms. The Kier molecular flexibility index (Phi) is 6.04. The number of nitrogens with zero attached hydrogens (tertiary/aromatic N) is 5. The number of fused-ring (bicyclic) bond motifs is 17. The van der Waals surface area contributed by atoms with E-state index in [-0.39, 0.29) is 0 Å². The maximum absolute atomic E-state index is 5.42. The second-order valence-corrected chi connectivity index (χ2v) is 15.1. The number of hydrogen-bond acceptors (Lipinski definition) is 3. The minimum absolute atomic E-state index is 0.437. The van der Waals surface area contributed by atoms with Gasteiger partial charge in [0.05, 0.1) is 27.5 Å². The van der Waals surface area contributed by atoms with E-state index in [9.17, 15) is 0 Å². The SMILES string of the molecule is c1ccc(-c2nc(-n3c4ccccc4c4ccccc43)nc(-n3c4ccccc4c4c5c(ccc43)C3(c4ccccc4-c4ccccc43)c3ccccc3-5)n2)cc1. The molecule has 0 unspecified atom stereocenters. The standard InChI is InChI=1S/C52H31N5/c1-2-16-32(17-3-1)49-53-50(56-43-27-13-7-20-35(43)36-21-8-14-28-44(36)56)55-51(54-49)57-45-29-15-9-23-38(45)48-46(57)31-30-42-47(48)37-22-6-12-26-41(37)52(42)39-24-10-4-18-33(39)34-19-5-11-25-40(34)52/h1-31H. The molecule has 264 valence electrons. The number of hydrogen-bond donors (Lipinski definition) is 0.